The maximum absolute atomic E-state index is 6.22. The quantitative estimate of drug-likeness (QED) is 0.248. The Morgan fingerprint density at radius 1 is 0.526 bits per heavy atom. The van der Waals surface area contributed by atoms with E-state index in [1.54, 1.807) is 0 Å². The van der Waals surface area contributed by atoms with Crippen LogP contribution in [0.3, 0.4) is 0 Å². The SMILES string of the molecule is C1=Cc2c(oc3cc(-c4nc(-c5ccccc5)nc(-c5ccc6c(c5)oc5ccccc56)n4)ccc23)CC1. The lowest BCUT2D eigenvalue weighted by Gasteiger charge is -2.08. The van der Waals surface area contributed by atoms with E-state index in [2.05, 4.69) is 36.4 Å². The number of para-hydroxylation sites is 1. The van der Waals surface area contributed by atoms with Gasteiger partial charge in [-0.1, -0.05) is 72.8 Å². The van der Waals surface area contributed by atoms with Crippen molar-refractivity contribution in [2.24, 2.45) is 0 Å². The van der Waals surface area contributed by atoms with E-state index in [4.69, 9.17) is 23.8 Å². The van der Waals surface area contributed by atoms with Crippen LogP contribution < -0.4 is 0 Å². The molecule has 0 N–H and O–H groups in total. The molecule has 0 saturated carbocycles. The number of allylic oxidation sites excluding steroid dienone is 1. The van der Waals surface area contributed by atoms with Crippen molar-refractivity contribution in [3.8, 4) is 34.2 Å². The highest BCUT2D eigenvalue weighted by Crippen LogP contribution is 2.35. The number of furan rings is 2. The number of nitrogens with zero attached hydrogens (tertiary/aromatic N) is 3. The van der Waals surface area contributed by atoms with E-state index in [0.717, 1.165) is 68.2 Å². The number of fused-ring (bicyclic) bond motifs is 6. The van der Waals surface area contributed by atoms with Crippen molar-refractivity contribution >= 4 is 39.0 Å². The standard InChI is InChI=1S/C33H21N3O2/c1-2-8-20(9-3-1)31-34-32(21-14-16-25-23-10-4-6-12-27(23)37-29(25)18-21)36-33(35-31)22-15-17-26-24-11-5-7-13-28(24)38-30(26)19-22/h1-6,8-12,14-19H,7,13H2. The first kappa shape index (κ1) is 21.1. The minimum Gasteiger partial charge on any atom is -0.460 e. The molecule has 0 fully saturated rings. The number of rotatable bonds is 3. The number of benzene rings is 4. The van der Waals surface area contributed by atoms with Gasteiger partial charge >= 0.3 is 0 Å². The molecule has 0 saturated heterocycles. The highest BCUT2D eigenvalue weighted by molar-refractivity contribution is 6.05. The molecule has 0 atom stereocenters. The van der Waals surface area contributed by atoms with Crippen molar-refractivity contribution in [2.45, 2.75) is 12.8 Å². The largest absolute Gasteiger partial charge is 0.460 e. The summed E-state index contributed by atoms with van der Waals surface area (Å²) in [5.41, 5.74) is 6.40. The van der Waals surface area contributed by atoms with Crippen LogP contribution in [0, 0.1) is 0 Å². The van der Waals surface area contributed by atoms with Crippen molar-refractivity contribution in [3.05, 3.63) is 108 Å². The van der Waals surface area contributed by atoms with Gasteiger partial charge in [-0.3, -0.25) is 0 Å². The molecule has 0 spiro atoms. The highest BCUT2D eigenvalue weighted by Gasteiger charge is 2.18. The molecule has 0 unspecified atom stereocenters. The first-order valence-corrected chi connectivity index (χ1v) is 12.8. The second-order valence-corrected chi connectivity index (χ2v) is 9.57. The van der Waals surface area contributed by atoms with Crippen LogP contribution in [0.2, 0.25) is 0 Å². The van der Waals surface area contributed by atoms with E-state index >= 15 is 0 Å². The van der Waals surface area contributed by atoms with E-state index in [1.807, 2.05) is 66.7 Å². The zero-order chi connectivity index (χ0) is 25.1. The number of aryl methyl sites for hydroxylation is 1. The summed E-state index contributed by atoms with van der Waals surface area (Å²) in [6.07, 6.45) is 6.29. The van der Waals surface area contributed by atoms with Gasteiger partial charge in [-0.05, 0) is 36.8 Å². The van der Waals surface area contributed by atoms with Gasteiger partial charge in [0.05, 0.1) is 0 Å². The summed E-state index contributed by atoms with van der Waals surface area (Å²) in [5, 5.41) is 3.29. The lowest BCUT2D eigenvalue weighted by atomic mass is 10.0. The summed E-state index contributed by atoms with van der Waals surface area (Å²) in [6.45, 7) is 0. The molecule has 8 rings (SSSR count). The summed E-state index contributed by atoms with van der Waals surface area (Å²) < 4.78 is 12.4. The van der Waals surface area contributed by atoms with Crippen molar-refractivity contribution in [1.82, 2.24) is 15.0 Å². The molecule has 3 aromatic heterocycles. The molecule has 0 aliphatic heterocycles. The molecular weight excluding hydrogens is 470 g/mol. The molecule has 0 amide bonds. The summed E-state index contributed by atoms with van der Waals surface area (Å²) in [6, 6.07) is 30.4. The molecule has 180 valence electrons. The molecule has 4 aromatic carbocycles. The lowest BCUT2D eigenvalue weighted by Crippen LogP contribution is -2.00. The van der Waals surface area contributed by atoms with Crippen LogP contribution in [0.1, 0.15) is 17.7 Å². The Kier molecular flexibility index (Phi) is 4.58. The predicted octanol–water partition coefficient (Wildman–Crippen LogP) is 8.48. The van der Waals surface area contributed by atoms with E-state index in [9.17, 15) is 0 Å². The van der Waals surface area contributed by atoms with Gasteiger partial charge in [-0.25, -0.2) is 15.0 Å². The highest BCUT2D eigenvalue weighted by atomic mass is 16.3. The summed E-state index contributed by atoms with van der Waals surface area (Å²) in [7, 11) is 0. The van der Waals surface area contributed by atoms with Crippen LogP contribution in [0.5, 0.6) is 0 Å². The van der Waals surface area contributed by atoms with Crippen molar-refractivity contribution in [3.63, 3.8) is 0 Å². The van der Waals surface area contributed by atoms with Crippen molar-refractivity contribution in [2.75, 3.05) is 0 Å². The Morgan fingerprint density at radius 3 is 1.95 bits per heavy atom. The maximum Gasteiger partial charge on any atom is 0.164 e. The van der Waals surface area contributed by atoms with Gasteiger partial charge < -0.3 is 8.83 Å². The van der Waals surface area contributed by atoms with Crippen LogP contribution in [0.25, 0.3) is 73.1 Å². The number of aromatic nitrogens is 3. The minimum absolute atomic E-state index is 0.595. The fourth-order valence-electron chi connectivity index (χ4n) is 5.31. The fourth-order valence-corrected chi connectivity index (χ4v) is 5.31. The Bertz CT molecular complexity index is 2030. The van der Waals surface area contributed by atoms with E-state index in [1.165, 1.54) is 5.56 Å². The Balaban J connectivity index is 1.31. The average Bonchev–Trinajstić information content (AvgIpc) is 3.54. The normalized spacial score (nSPS) is 12.9. The van der Waals surface area contributed by atoms with E-state index in [-0.39, 0.29) is 0 Å². The predicted molar refractivity (Wildman–Crippen MR) is 151 cm³/mol. The molecule has 7 aromatic rings. The van der Waals surface area contributed by atoms with Gasteiger partial charge in [-0.2, -0.15) is 0 Å². The van der Waals surface area contributed by atoms with Crippen LogP contribution in [0.4, 0.5) is 0 Å². The van der Waals surface area contributed by atoms with Crippen LogP contribution >= 0.6 is 0 Å². The average molecular weight is 492 g/mol. The second-order valence-electron chi connectivity index (χ2n) is 9.57. The van der Waals surface area contributed by atoms with Gasteiger partial charge in [0, 0.05) is 44.8 Å². The topological polar surface area (TPSA) is 65.0 Å². The fraction of sp³-hybridized carbons (Fsp3) is 0.0606. The summed E-state index contributed by atoms with van der Waals surface area (Å²) in [4.78, 5) is 14.7. The summed E-state index contributed by atoms with van der Waals surface area (Å²) in [5.74, 6) is 2.86. The molecule has 38 heavy (non-hydrogen) atoms. The summed E-state index contributed by atoms with van der Waals surface area (Å²) >= 11 is 0. The third kappa shape index (κ3) is 3.36. The van der Waals surface area contributed by atoms with E-state index in [0.29, 0.717) is 17.5 Å². The van der Waals surface area contributed by atoms with Gasteiger partial charge in [-0.15, -0.1) is 0 Å². The van der Waals surface area contributed by atoms with Crippen LogP contribution in [-0.4, -0.2) is 15.0 Å². The molecule has 0 bridgehead atoms. The van der Waals surface area contributed by atoms with Crippen molar-refractivity contribution < 1.29 is 8.83 Å². The third-order valence-electron chi connectivity index (χ3n) is 7.19. The Labute approximate surface area is 218 Å². The number of hydrogen-bond acceptors (Lipinski definition) is 5. The second kappa shape index (κ2) is 8.25. The molecule has 5 nitrogen and oxygen atoms in total. The third-order valence-corrected chi connectivity index (χ3v) is 7.19. The Morgan fingerprint density at radius 2 is 1.16 bits per heavy atom. The van der Waals surface area contributed by atoms with Crippen LogP contribution in [-0.2, 0) is 6.42 Å². The van der Waals surface area contributed by atoms with Crippen molar-refractivity contribution in [1.29, 1.82) is 0 Å². The minimum atomic E-state index is 0.595. The Hall–Kier alpha value is -5.03. The first-order chi connectivity index (χ1) is 18.8. The zero-order valence-electron chi connectivity index (χ0n) is 20.4. The lowest BCUT2D eigenvalue weighted by molar-refractivity contribution is 0.546. The zero-order valence-corrected chi connectivity index (χ0v) is 20.4. The molecule has 1 aliphatic rings. The molecule has 3 heterocycles. The smallest absolute Gasteiger partial charge is 0.164 e. The monoisotopic (exact) mass is 491 g/mol. The maximum atomic E-state index is 6.22. The molecule has 0 radical (unpaired) electrons. The number of hydrogen-bond donors (Lipinski definition) is 0. The van der Waals surface area contributed by atoms with Crippen LogP contribution in [0.15, 0.2) is 106 Å². The molecular formula is C33H21N3O2. The van der Waals surface area contributed by atoms with Gasteiger partial charge in [0.2, 0.25) is 0 Å². The first-order valence-electron chi connectivity index (χ1n) is 12.8. The van der Waals surface area contributed by atoms with Gasteiger partial charge in [0.1, 0.15) is 22.5 Å². The van der Waals surface area contributed by atoms with Gasteiger partial charge in [0.15, 0.2) is 17.5 Å². The van der Waals surface area contributed by atoms with E-state index < -0.39 is 0 Å². The van der Waals surface area contributed by atoms with Gasteiger partial charge in [0.25, 0.3) is 0 Å². The molecule has 1 aliphatic carbocycles. The molecule has 5 heteroatoms.